The highest BCUT2D eigenvalue weighted by molar-refractivity contribution is 7.89. The van der Waals surface area contributed by atoms with Gasteiger partial charge in [-0.25, -0.2) is 13.1 Å². The van der Waals surface area contributed by atoms with Crippen LogP contribution in [0.3, 0.4) is 0 Å². The van der Waals surface area contributed by atoms with E-state index in [0.717, 1.165) is 4.88 Å². The molecule has 0 saturated heterocycles. The molecule has 0 aliphatic heterocycles. The molecule has 22 heavy (non-hydrogen) atoms. The molecule has 0 unspecified atom stereocenters. The number of carbonyl (C=O) groups is 1. The van der Waals surface area contributed by atoms with Crippen molar-refractivity contribution in [1.29, 1.82) is 0 Å². The monoisotopic (exact) mass is 339 g/mol. The van der Waals surface area contributed by atoms with Crippen LogP contribution in [0.2, 0.25) is 0 Å². The van der Waals surface area contributed by atoms with E-state index in [1.807, 2.05) is 19.1 Å². The Morgan fingerprint density at radius 3 is 2.41 bits per heavy atom. The highest BCUT2D eigenvalue weighted by atomic mass is 32.2. The third-order valence-electron chi connectivity index (χ3n) is 3.05. The van der Waals surface area contributed by atoms with Gasteiger partial charge in [0.1, 0.15) is 0 Å². The standard InChI is InChI=1S/C15H17NO4S2/c1-11-2-5-13(21-11)8-9-16-22(19,20)14-6-3-12(4-7-14)10-15(17)18/h2-7,16H,8-10H2,1H3,(H,17,18). The van der Waals surface area contributed by atoms with E-state index in [1.54, 1.807) is 11.3 Å². The molecule has 118 valence electrons. The van der Waals surface area contributed by atoms with Crippen LogP contribution in [0.25, 0.3) is 0 Å². The molecule has 1 aromatic heterocycles. The second kappa shape index (κ2) is 7.04. The second-order valence-corrected chi connectivity index (χ2v) is 8.01. The van der Waals surface area contributed by atoms with Gasteiger partial charge < -0.3 is 5.11 Å². The van der Waals surface area contributed by atoms with Crippen LogP contribution in [0.4, 0.5) is 0 Å². The lowest BCUT2D eigenvalue weighted by Gasteiger charge is -2.07. The SMILES string of the molecule is Cc1ccc(CCNS(=O)(=O)c2ccc(CC(=O)O)cc2)s1. The van der Waals surface area contributed by atoms with Crippen LogP contribution in [0.15, 0.2) is 41.3 Å². The Morgan fingerprint density at radius 2 is 1.86 bits per heavy atom. The molecule has 0 radical (unpaired) electrons. The summed E-state index contributed by atoms with van der Waals surface area (Å²) < 4.78 is 26.8. The van der Waals surface area contributed by atoms with Gasteiger partial charge in [-0.15, -0.1) is 11.3 Å². The number of hydrogen-bond donors (Lipinski definition) is 2. The van der Waals surface area contributed by atoms with Crippen LogP contribution in [0.1, 0.15) is 15.3 Å². The molecule has 0 amide bonds. The van der Waals surface area contributed by atoms with Crippen molar-refractivity contribution in [2.75, 3.05) is 6.54 Å². The summed E-state index contributed by atoms with van der Waals surface area (Å²) in [5.74, 6) is -0.944. The summed E-state index contributed by atoms with van der Waals surface area (Å²) in [6, 6.07) is 9.90. The van der Waals surface area contributed by atoms with E-state index in [9.17, 15) is 13.2 Å². The maximum absolute atomic E-state index is 12.1. The summed E-state index contributed by atoms with van der Waals surface area (Å²) in [6.45, 7) is 2.34. The van der Waals surface area contributed by atoms with E-state index in [-0.39, 0.29) is 11.3 Å². The molecule has 1 aromatic carbocycles. The van der Waals surface area contributed by atoms with Crippen molar-refractivity contribution >= 4 is 27.3 Å². The molecule has 1 heterocycles. The summed E-state index contributed by atoms with van der Waals surface area (Å²) in [6.07, 6.45) is 0.528. The van der Waals surface area contributed by atoms with Crippen LogP contribution in [-0.4, -0.2) is 26.0 Å². The molecule has 7 heteroatoms. The fourth-order valence-corrected chi connectivity index (χ4v) is 3.89. The third kappa shape index (κ3) is 4.66. The van der Waals surface area contributed by atoms with Crippen LogP contribution in [-0.2, 0) is 27.7 Å². The normalized spacial score (nSPS) is 11.5. The molecular formula is C15H17NO4S2. The summed E-state index contributed by atoms with van der Waals surface area (Å²) >= 11 is 1.65. The highest BCUT2D eigenvalue weighted by Crippen LogP contribution is 2.16. The molecule has 0 spiro atoms. The van der Waals surface area contributed by atoms with E-state index >= 15 is 0 Å². The van der Waals surface area contributed by atoms with Crippen LogP contribution in [0, 0.1) is 6.92 Å². The molecule has 0 fully saturated rings. The van der Waals surface area contributed by atoms with Gasteiger partial charge in [-0.3, -0.25) is 4.79 Å². The average Bonchev–Trinajstić information content (AvgIpc) is 2.84. The number of carboxylic acids is 1. The molecule has 0 aliphatic carbocycles. The number of nitrogens with one attached hydrogen (secondary N) is 1. The first-order valence-electron chi connectivity index (χ1n) is 6.72. The maximum Gasteiger partial charge on any atom is 0.307 e. The van der Waals surface area contributed by atoms with E-state index in [2.05, 4.69) is 4.72 Å². The minimum absolute atomic E-state index is 0.120. The fourth-order valence-electron chi connectivity index (χ4n) is 1.97. The Labute approximate surface area is 133 Å². The summed E-state index contributed by atoms with van der Waals surface area (Å²) in [5, 5.41) is 8.69. The minimum Gasteiger partial charge on any atom is -0.481 e. The van der Waals surface area contributed by atoms with Gasteiger partial charge >= 0.3 is 5.97 Å². The number of rotatable bonds is 7. The van der Waals surface area contributed by atoms with Gasteiger partial charge in [-0.2, -0.15) is 0 Å². The highest BCUT2D eigenvalue weighted by Gasteiger charge is 2.13. The molecule has 2 N–H and O–H groups in total. The second-order valence-electron chi connectivity index (χ2n) is 4.87. The van der Waals surface area contributed by atoms with Crippen LogP contribution in [0.5, 0.6) is 0 Å². The predicted molar refractivity (Wildman–Crippen MR) is 85.7 cm³/mol. The van der Waals surface area contributed by atoms with E-state index in [1.165, 1.54) is 29.1 Å². The number of carboxylic acid groups (broad SMARTS) is 1. The van der Waals surface area contributed by atoms with Gasteiger partial charge in [0.05, 0.1) is 11.3 Å². The number of aliphatic carboxylic acids is 1. The summed E-state index contributed by atoms with van der Waals surface area (Å²) in [7, 11) is -3.56. The average molecular weight is 339 g/mol. The zero-order valence-electron chi connectivity index (χ0n) is 12.1. The first kappa shape index (κ1) is 16.7. The van der Waals surface area contributed by atoms with Crippen molar-refractivity contribution in [1.82, 2.24) is 4.72 Å². The third-order valence-corrected chi connectivity index (χ3v) is 5.59. The Morgan fingerprint density at radius 1 is 1.18 bits per heavy atom. The maximum atomic E-state index is 12.1. The van der Waals surface area contributed by atoms with Crippen LogP contribution < -0.4 is 4.72 Å². The molecule has 2 aromatic rings. The number of hydrogen-bond acceptors (Lipinski definition) is 4. The smallest absolute Gasteiger partial charge is 0.307 e. The number of benzene rings is 1. The molecule has 5 nitrogen and oxygen atoms in total. The van der Waals surface area contributed by atoms with Crippen molar-refractivity contribution in [3.05, 3.63) is 51.7 Å². The molecule has 0 bridgehead atoms. The van der Waals surface area contributed by atoms with Crippen molar-refractivity contribution < 1.29 is 18.3 Å². The van der Waals surface area contributed by atoms with Gasteiger partial charge in [0.2, 0.25) is 10.0 Å². The molecule has 0 atom stereocenters. The lowest BCUT2D eigenvalue weighted by Crippen LogP contribution is -2.25. The van der Waals surface area contributed by atoms with Gasteiger partial charge in [0.25, 0.3) is 0 Å². The van der Waals surface area contributed by atoms with Crippen molar-refractivity contribution in [3.63, 3.8) is 0 Å². The molecular weight excluding hydrogens is 322 g/mol. The first-order valence-corrected chi connectivity index (χ1v) is 9.02. The fraction of sp³-hybridized carbons (Fsp3) is 0.267. The zero-order valence-corrected chi connectivity index (χ0v) is 13.7. The topological polar surface area (TPSA) is 83.5 Å². The number of thiophene rings is 1. The summed E-state index contributed by atoms with van der Waals surface area (Å²) in [4.78, 5) is 13.1. The van der Waals surface area contributed by atoms with E-state index in [4.69, 9.17) is 5.11 Å². The van der Waals surface area contributed by atoms with E-state index in [0.29, 0.717) is 18.5 Å². The van der Waals surface area contributed by atoms with Crippen molar-refractivity contribution in [3.8, 4) is 0 Å². The number of sulfonamides is 1. The lowest BCUT2D eigenvalue weighted by atomic mass is 10.2. The molecule has 0 aliphatic rings. The molecule has 2 rings (SSSR count). The Kier molecular flexibility index (Phi) is 5.33. The van der Waals surface area contributed by atoms with Crippen molar-refractivity contribution in [2.45, 2.75) is 24.7 Å². The number of aryl methyl sites for hydroxylation is 1. The Bertz CT molecular complexity index is 748. The quantitative estimate of drug-likeness (QED) is 0.810. The van der Waals surface area contributed by atoms with Gasteiger partial charge in [0.15, 0.2) is 0 Å². The minimum atomic E-state index is -3.56. The Hall–Kier alpha value is -1.70. The van der Waals surface area contributed by atoms with E-state index < -0.39 is 16.0 Å². The van der Waals surface area contributed by atoms with Gasteiger partial charge in [-0.05, 0) is 43.2 Å². The van der Waals surface area contributed by atoms with Crippen molar-refractivity contribution in [2.24, 2.45) is 0 Å². The summed E-state index contributed by atoms with van der Waals surface area (Å²) in [5.41, 5.74) is 0.570. The largest absolute Gasteiger partial charge is 0.481 e. The first-order chi connectivity index (χ1) is 10.4. The van der Waals surface area contributed by atoms with Crippen LogP contribution >= 0.6 is 11.3 Å². The van der Waals surface area contributed by atoms with Gasteiger partial charge in [-0.1, -0.05) is 12.1 Å². The van der Waals surface area contributed by atoms with Gasteiger partial charge in [0, 0.05) is 16.3 Å². The Balaban J connectivity index is 1.96. The predicted octanol–water partition coefficient (Wildman–Crippen LogP) is 2.20. The zero-order chi connectivity index (χ0) is 16.2. The lowest BCUT2D eigenvalue weighted by molar-refractivity contribution is -0.136. The molecule has 0 saturated carbocycles.